The third kappa shape index (κ3) is 2.66. The minimum Gasteiger partial charge on any atom is -0.396 e. The van der Waals surface area contributed by atoms with Crippen LogP contribution in [0.4, 0.5) is 4.39 Å². The number of benzene rings is 1. The molecule has 5 atom stereocenters. The van der Waals surface area contributed by atoms with Gasteiger partial charge in [-0.3, -0.25) is 0 Å². The Morgan fingerprint density at radius 2 is 2.00 bits per heavy atom. The van der Waals surface area contributed by atoms with E-state index in [1.165, 1.54) is 11.1 Å². The van der Waals surface area contributed by atoms with Crippen molar-refractivity contribution in [3.05, 3.63) is 35.1 Å². The Labute approximate surface area is 150 Å². The maximum atomic E-state index is 13.6. The quantitative estimate of drug-likeness (QED) is 0.784. The molecule has 0 heterocycles. The highest BCUT2D eigenvalue weighted by molar-refractivity contribution is 5.35. The summed E-state index contributed by atoms with van der Waals surface area (Å²) in [7, 11) is 0. The van der Waals surface area contributed by atoms with Gasteiger partial charge in [-0.05, 0) is 104 Å². The van der Waals surface area contributed by atoms with Crippen LogP contribution in [0.1, 0.15) is 75.3 Å². The average Bonchev–Trinajstić information content (AvgIpc) is 2.86. The van der Waals surface area contributed by atoms with E-state index in [4.69, 9.17) is 5.11 Å². The van der Waals surface area contributed by atoms with E-state index >= 15 is 0 Å². The summed E-state index contributed by atoms with van der Waals surface area (Å²) in [5.74, 6) is 1.63. The van der Waals surface area contributed by atoms with Gasteiger partial charge in [-0.1, -0.05) is 13.0 Å². The highest BCUT2D eigenvalue weighted by Crippen LogP contribution is 2.65. The van der Waals surface area contributed by atoms with Gasteiger partial charge in [-0.15, -0.1) is 0 Å². The topological polar surface area (TPSA) is 40.5 Å². The second-order valence-corrected chi connectivity index (χ2v) is 8.97. The zero-order valence-corrected chi connectivity index (χ0v) is 15.3. The third-order valence-electron chi connectivity index (χ3n) is 8.01. The molecular weight excluding hydrogens is 315 g/mol. The molecule has 0 amide bonds. The second-order valence-electron chi connectivity index (χ2n) is 8.97. The molecule has 1 aromatic rings. The number of hydrogen-bond acceptors (Lipinski definition) is 2. The Kier molecular flexibility index (Phi) is 4.44. The molecular formula is C22H31FO2. The Morgan fingerprint density at radius 3 is 2.80 bits per heavy atom. The molecule has 0 aliphatic heterocycles. The normalized spacial score (nSPS) is 39.6. The van der Waals surface area contributed by atoms with Crippen molar-refractivity contribution < 1.29 is 14.6 Å². The molecule has 3 aliphatic carbocycles. The van der Waals surface area contributed by atoms with E-state index in [1.54, 1.807) is 12.1 Å². The van der Waals surface area contributed by atoms with Gasteiger partial charge in [0.1, 0.15) is 5.82 Å². The van der Waals surface area contributed by atoms with Crippen molar-refractivity contribution in [1.82, 2.24) is 0 Å². The Bertz CT molecular complexity index is 645. The van der Waals surface area contributed by atoms with Gasteiger partial charge in [-0.25, -0.2) is 4.39 Å². The van der Waals surface area contributed by atoms with E-state index in [9.17, 15) is 9.50 Å². The van der Waals surface area contributed by atoms with Gasteiger partial charge in [0.25, 0.3) is 0 Å². The SMILES string of the molecule is C[C@]12CC[C@@H]3c4ccc(F)cc4CC[C@H]3[C@@H]1CC[C@]2(O)CCCCO. The highest BCUT2D eigenvalue weighted by atomic mass is 19.1. The standard InChI is InChI=1S/C22H31FO2/c1-21-11-8-18-17-7-5-16(23)14-15(17)4-6-19(18)20(21)9-12-22(21,25)10-2-3-13-24/h5,7,14,18-20,24-25H,2-4,6,8-13H2,1H3/t18-,19-,20+,21+,22-/m1/s1. The minimum atomic E-state index is -0.569. The number of rotatable bonds is 4. The predicted molar refractivity (Wildman–Crippen MR) is 96.9 cm³/mol. The molecule has 1 aromatic carbocycles. The number of aryl methyl sites for hydroxylation is 1. The fraction of sp³-hybridized carbons (Fsp3) is 0.727. The summed E-state index contributed by atoms with van der Waals surface area (Å²) in [5.41, 5.74) is 2.01. The molecule has 25 heavy (non-hydrogen) atoms. The van der Waals surface area contributed by atoms with Gasteiger partial charge in [0, 0.05) is 6.61 Å². The lowest BCUT2D eigenvalue weighted by Gasteiger charge is -2.53. The summed E-state index contributed by atoms with van der Waals surface area (Å²) < 4.78 is 13.6. The average molecular weight is 346 g/mol. The number of halogens is 1. The van der Waals surface area contributed by atoms with Crippen LogP contribution in [0.15, 0.2) is 18.2 Å². The molecule has 0 spiro atoms. The zero-order valence-electron chi connectivity index (χ0n) is 15.3. The lowest BCUT2D eigenvalue weighted by atomic mass is 9.53. The molecule has 4 rings (SSSR count). The van der Waals surface area contributed by atoms with E-state index in [0.29, 0.717) is 17.8 Å². The number of fused-ring (bicyclic) bond motifs is 5. The first-order valence-electron chi connectivity index (χ1n) is 10.1. The molecule has 2 nitrogen and oxygen atoms in total. The molecule has 2 saturated carbocycles. The van der Waals surface area contributed by atoms with Gasteiger partial charge >= 0.3 is 0 Å². The maximum absolute atomic E-state index is 13.6. The Balaban J connectivity index is 1.59. The van der Waals surface area contributed by atoms with Gasteiger partial charge in [0.2, 0.25) is 0 Å². The molecule has 2 N–H and O–H groups in total. The maximum Gasteiger partial charge on any atom is 0.123 e. The van der Waals surface area contributed by atoms with Gasteiger partial charge in [-0.2, -0.15) is 0 Å². The van der Waals surface area contributed by atoms with Crippen molar-refractivity contribution in [2.45, 2.75) is 76.2 Å². The van der Waals surface area contributed by atoms with Crippen LogP contribution < -0.4 is 0 Å². The Hall–Kier alpha value is -0.930. The van der Waals surface area contributed by atoms with E-state index < -0.39 is 5.60 Å². The van der Waals surface area contributed by atoms with Crippen molar-refractivity contribution >= 4 is 0 Å². The van der Waals surface area contributed by atoms with Gasteiger partial charge in [0.15, 0.2) is 0 Å². The summed E-state index contributed by atoms with van der Waals surface area (Å²) >= 11 is 0. The van der Waals surface area contributed by atoms with Crippen LogP contribution in [0, 0.1) is 23.1 Å². The molecule has 3 heteroatoms. The van der Waals surface area contributed by atoms with E-state index in [1.807, 2.05) is 6.07 Å². The predicted octanol–water partition coefficient (Wildman–Crippen LogP) is 4.58. The van der Waals surface area contributed by atoms with Crippen LogP contribution in [0.2, 0.25) is 0 Å². The Morgan fingerprint density at radius 1 is 1.16 bits per heavy atom. The van der Waals surface area contributed by atoms with E-state index in [2.05, 4.69) is 6.92 Å². The largest absolute Gasteiger partial charge is 0.396 e. The molecule has 0 aromatic heterocycles. The fourth-order valence-corrected chi connectivity index (χ4v) is 6.60. The summed E-state index contributed by atoms with van der Waals surface area (Å²) in [4.78, 5) is 0. The van der Waals surface area contributed by atoms with Crippen molar-refractivity contribution in [1.29, 1.82) is 0 Å². The summed E-state index contributed by atoms with van der Waals surface area (Å²) in [5, 5.41) is 20.5. The van der Waals surface area contributed by atoms with E-state index in [0.717, 1.165) is 57.8 Å². The van der Waals surface area contributed by atoms with Gasteiger partial charge < -0.3 is 10.2 Å². The van der Waals surface area contributed by atoms with Crippen molar-refractivity contribution in [3.63, 3.8) is 0 Å². The first kappa shape index (κ1) is 17.5. The van der Waals surface area contributed by atoms with Crippen molar-refractivity contribution in [3.8, 4) is 0 Å². The molecule has 0 bridgehead atoms. The number of hydrogen-bond donors (Lipinski definition) is 2. The molecule has 3 aliphatic rings. The number of aliphatic hydroxyl groups is 2. The van der Waals surface area contributed by atoms with Crippen LogP contribution in [0.25, 0.3) is 0 Å². The van der Waals surface area contributed by atoms with Crippen LogP contribution in [-0.4, -0.2) is 22.4 Å². The monoisotopic (exact) mass is 346 g/mol. The summed E-state index contributed by atoms with van der Waals surface area (Å²) in [6.07, 6.45) is 8.81. The highest BCUT2D eigenvalue weighted by Gasteiger charge is 2.60. The first-order chi connectivity index (χ1) is 12.0. The van der Waals surface area contributed by atoms with E-state index in [-0.39, 0.29) is 17.8 Å². The lowest BCUT2D eigenvalue weighted by Crippen LogP contribution is -2.50. The molecule has 2 fully saturated rings. The fourth-order valence-electron chi connectivity index (χ4n) is 6.60. The van der Waals surface area contributed by atoms with Crippen molar-refractivity contribution in [2.75, 3.05) is 6.61 Å². The summed E-state index contributed by atoms with van der Waals surface area (Å²) in [6, 6.07) is 5.38. The summed E-state index contributed by atoms with van der Waals surface area (Å²) in [6.45, 7) is 2.54. The van der Waals surface area contributed by atoms with Crippen molar-refractivity contribution in [2.24, 2.45) is 17.3 Å². The second kappa shape index (κ2) is 6.35. The van der Waals surface area contributed by atoms with Crippen LogP contribution >= 0.6 is 0 Å². The third-order valence-corrected chi connectivity index (χ3v) is 8.01. The molecule has 138 valence electrons. The smallest absolute Gasteiger partial charge is 0.123 e. The minimum absolute atomic E-state index is 0.00115. The first-order valence-corrected chi connectivity index (χ1v) is 10.1. The number of unbranched alkanes of at least 4 members (excludes halogenated alkanes) is 1. The van der Waals surface area contributed by atoms with Crippen LogP contribution in [0.3, 0.4) is 0 Å². The zero-order chi connectivity index (χ0) is 17.7. The molecule has 0 unspecified atom stereocenters. The lowest BCUT2D eigenvalue weighted by molar-refractivity contribution is -0.108. The van der Waals surface area contributed by atoms with Crippen LogP contribution in [-0.2, 0) is 6.42 Å². The molecule has 0 radical (unpaired) electrons. The molecule has 0 saturated heterocycles. The van der Waals surface area contributed by atoms with Crippen LogP contribution in [0.5, 0.6) is 0 Å². The van der Waals surface area contributed by atoms with Gasteiger partial charge in [0.05, 0.1) is 5.60 Å². The number of aliphatic hydroxyl groups excluding tert-OH is 1.